The van der Waals surface area contributed by atoms with Crippen molar-refractivity contribution >= 4 is 23.6 Å². The number of carbonyl (C=O) groups is 2. The molecular formula is C13H21N3O3S. The van der Waals surface area contributed by atoms with Crippen LogP contribution in [-0.2, 0) is 9.59 Å². The van der Waals surface area contributed by atoms with E-state index in [1.165, 1.54) is 4.90 Å². The van der Waals surface area contributed by atoms with Crippen LogP contribution in [-0.4, -0.2) is 51.3 Å². The summed E-state index contributed by atoms with van der Waals surface area (Å²) in [4.78, 5) is 28.7. The first-order valence-corrected chi connectivity index (χ1v) is 7.37. The summed E-state index contributed by atoms with van der Waals surface area (Å²) in [5.41, 5.74) is 0.931. The van der Waals surface area contributed by atoms with E-state index in [0.29, 0.717) is 5.16 Å². The second kappa shape index (κ2) is 6.78. The third-order valence-electron chi connectivity index (χ3n) is 2.89. The molecular weight excluding hydrogens is 278 g/mol. The van der Waals surface area contributed by atoms with Gasteiger partial charge in [0.05, 0.1) is 5.75 Å². The SMILES string of the molecule is CC(C)c1cnc(SCC(=O)O)n1C(C)C(=O)N(C)C. The molecule has 1 amide bonds. The van der Waals surface area contributed by atoms with Gasteiger partial charge in [-0.2, -0.15) is 0 Å². The fourth-order valence-electron chi connectivity index (χ4n) is 1.89. The lowest BCUT2D eigenvalue weighted by atomic mass is 10.1. The van der Waals surface area contributed by atoms with Gasteiger partial charge in [0.25, 0.3) is 0 Å². The zero-order valence-electron chi connectivity index (χ0n) is 12.5. The predicted molar refractivity (Wildman–Crippen MR) is 78.1 cm³/mol. The highest BCUT2D eigenvalue weighted by atomic mass is 32.2. The number of aromatic nitrogens is 2. The van der Waals surface area contributed by atoms with E-state index in [0.717, 1.165) is 17.5 Å². The number of likely N-dealkylation sites (N-methyl/N-ethyl adjacent to an activating group) is 1. The van der Waals surface area contributed by atoms with Crippen LogP contribution in [0.1, 0.15) is 38.4 Å². The minimum Gasteiger partial charge on any atom is -0.481 e. The molecule has 0 aliphatic carbocycles. The molecule has 1 heterocycles. The molecule has 0 radical (unpaired) electrons. The van der Waals surface area contributed by atoms with Crippen LogP contribution < -0.4 is 0 Å². The summed E-state index contributed by atoms with van der Waals surface area (Å²) in [6.45, 7) is 5.85. The van der Waals surface area contributed by atoms with E-state index in [1.54, 1.807) is 27.2 Å². The molecule has 1 aromatic rings. The highest BCUT2D eigenvalue weighted by Crippen LogP contribution is 2.27. The molecule has 0 saturated carbocycles. The van der Waals surface area contributed by atoms with E-state index in [4.69, 9.17) is 5.11 Å². The summed E-state index contributed by atoms with van der Waals surface area (Å²) in [6.07, 6.45) is 1.72. The largest absolute Gasteiger partial charge is 0.481 e. The molecule has 1 aromatic heterocycles. The van der Waals surface area contributed by atoms with Crippen molar-refractivity contribution in [2.75, 3.05) is 19.8 Å². The Morgan fingerprint density at radius 2 is 2.00 bits per heavy atom. The summed E-state index contributed by atoms with van der Waals surface area (Å²) in [5.74, 6) is -0.805. The van der Waals surface area contributed by atoms with E-state index >= 15 is 0 Å². The maximum atomic E-state index is 12.2. The average Bonchev–Trinajstić information content (AvgIpc) is 2.78. The summed E-state index contributed by atoms with van der Waals surface area (Å²) in [6, 6.07) is -0.402. The topological polar surface area (TPSA) is 75.4 Å². The molecule has 0 fully saturated rings. The molecule has 1 N–H and O–H groups in total. The van der Waals surface area contributed by atoms with E-state index < -0.39 is 12.0 Å². The molecule has 20 heavy (non-hydrogen) atoms. The van der Waals surface area contributed by atoms with Crippen molar-refractivity contribution in [1.82, 2.24) is 14.5 Å². The molecule has 6 nitrogen and oxygen atoms in total. The molecule has 0 saturated heterocycles. The fourth-order valence-corrected chi connectivity index (χ4v) is 2.67. The average molecular weight is 299 g/mol. The Kier molecular flexibility index (Phi) is 5.62. The second-order valence-corrected chi connectivity index (χ2v) is 6.02. The van der Waals surface area contributed by atoms with Gasteiger partial charge in [0.1, 0.15) is 6.04 Å². The smallest absolute Gasteiger partial charge is 0.313 e. The molecule has 1 unspecified atom stereocenters. The summed E-state index contributed by atoms with van der Waals surface area (Å²) in [5, 5.41) is 9.35. The third kappa shape index (κ3) is 3.75. The number of aliphatic carboxylic acids is 1. The first-order valence-electron chi connectivity index (χ1n) is 6.38. The van der Waals surface area contributed by atoms with Gasteiger partial charge in [-0.05, 0) is 12.8 Å². The summed E-state index contributed by atoms with van der Waals surface area (Å²) in [7, 11) is 3.41. The zero-order valence-corrected chi connectivity index (χ0v) is 13.3. The second-order valence-electron chi connectivity index (χ2n) is 5.08. The van der Waals surface area contributed by atoms with Gasteiger partial charge in [-0.1, -0.05) is 25.6 Å². The predicted octanol–water partition coefficient (Wildman–Crippen LogP) is 1.83. The minimum absolute atomic E-state index is 0.0397. The van der Waals surface area contributed by atoms with Gasteiger partial charge in [0, 0.05) is 26.0 Å². The highest BCUT2D eigenvalue weighted by Gasteiger charge is 2.24. The lowest BCUT2D eigenvalue weighted by Crippen LogP contribution is -2.31. The van der Waals surface area contributed by atoms with Crippen LogP contribution in [0.3, 0.4) is 0 Å². The lowest BCUT2D eigenvalue weighted by molar-refractivity contribution is -0.134. The number of amides is 1. The highest BCUT2D eigenvalue weighted by molar-refractivity contribution is 7.99. The van der Waals surface area contributed by atoms with E-state index in [2.05, 4.69) is 4.98 Å². The number of carbonyl (C=O) groups excluding carboxylic acids is 1. The van der Waals surface area contributed by atoms with E-state index in [1.807, 2.05) is 18.4 Å². The van der Waals surface area contributed by atoms with Crippen molar-refractivity contribution in [3.05, 3.63) is 11.9 Å². The number of imidazole rings is 1. The summed E-state index contributed by atoms with van der Waals surface area (Å²) < 4.78 is 1.83. The standard InChI is InChI=1S/C13H21N3O3S/c1-8(2)10-6-14-13(20-7-11(17)18)16(10)9(3)12(19)15(4)5/h6,8-9H,7H2,1-5H3,(H,17,18). The Morgan fingerprint density at radius 3 is 2.45 bits per heavy atom. The Morgan fingerprint density at radius 1 is 1.40 bits per heavy atom. The van der Waals surface area contributed by atoms with E-state index in [9.17, 15) is 9.59 Å². The first kappa shape index (κ1) is 16.6. The number of nitrogens with zero attached hydrogens (tertiary/aromatic N) is 3. The van der Waals surface area contributed by atoms with Crippen molar-refractivity contribution in [3.8, 4) is 0 Å². The molecule has 0 aliphatic heterocycles. The van der Waals surface area contributed by atoms with Gasteiger partial charge in [0.2, 0.25) is 5.91 Å². The van der Waals surface area contributed by atoms with Crippen molar-refractivity contribution in [3.63, 3.8) is 0 Å². The van der Waals surface area contributed by atoms with Crippen molar-refractivity contribution < 1.29 is 14.7 Å². The van der Waals surface area contributed by atoms with Crippen LogP contribution in [0, 0.1) is 0 Å². The van der Waals surface area contributed by atoms with Gasteiger partial charge in [0.15, 0.2) is 5.16 Å². The molecule has 0 aromatic carbocycles. The molecule has 0 spiro atoms. The van der Waals surface area contributed by atoms with Gasteiger partial charge < -0.3 is 14.6 Å². The number of thioether (sulfide) groups is 1. The fraction of sp³-hybridized carbons (Fsp3) is 0.615. The molecule has 112 valence electrons. The maximum absolute atomic E-state index is 12.2. The molecule has 1 rings (SSSR count). The lowest BCUT2D eigenvalue weighted by Gasteiger charge is -2.22. The monoisotopic (exact) mass is 299 g/mol. The van der Waals surface area contributed by atoms with Gasteiger partial charge in [-0.25, -0.2) is 4.98 Å². The molecule has 0 aliphatic rings. The number of hydrogen-bond donors (Lipinski definition) is 1. The minimum atomic E-state index is -0.901. The van der Waals surface area contributed by atoms with Crippen molar-refractivity contribution in [1.29, 1.82) is 0 Å². The van der Waals surface area contributed by atoms with Crippen LogP contribution in [0.2, 0.25) is 0 Å². The normalized spacial score (nSPS) is 12.5. The number of carboxylic acids is 1. The molecule has 0 bridgehead atoms. The number of rotatable bonds is 6. The Balaban J connectivity index is 3.14. The van der Waals surface area contributed by atoms with E-state index in [-0.39, 0.29) is 17.6 Å². The van der Waals surface area contributed by atoms with Crippen LogP contribution in [0.4, 0.5) is 0 Å². The maximum Gasteiger partial charge on any atom is 0.313 e. The molecule has 7 heteroatoms. The van der Waals surface area contributed by atoms with Gasteiger partial charge in [-0.15, -0.1) is 0 Å². The quantitative estimate of drug-likeness (QED) is 0.811. The number of carboxylic acid groups (broad SMARTS) is 1. The zero-order chi connectivity index (χ0) is 15.4. The Labute approximate surface area is 123 Å². The van der Waals surface area contributed by atoms with Crippen LogP contribution in [0.5, 0.6) is 0 Å². The van der Waals surface area contributed by atoms with Gasteiger partial charge in [-0.3, -0.25) is 9.59 Å². The Bertz CT molecular complexity index is 497. The van der Waals surface area contributed by atoms with Crippen molar-refractivity contribution in [2.24, 2.45) is 0 Å². The third-order valence-corrected chi connectivity index (χ3v) is 3.84. The summed E-state index contributed by atoms with van der Waals surface area (Å²) >= 11 is 1.13. The van der Waals surface area contributed by atoms with Crippen LogP contribution in [0.25, 0.3) is 0 Å². The van der Waals surface area contributed by atoms with Crippen LogP contribution in [0.15, 0.2) is 11.4 Å². The van der Waals surface area contributed by atoms with Gasteiger partial charge >= 0.3 is 5.97 Å². The Hall–Kier alpha value is -1.50. The number of hydrogen-bond acceptors (Lipinski definition) is 4. The molecule has 1 atom stereocenters. The van der Waals surface area contributed by atoms with Crippen molar-refractivity contribution in [2.45, 2.75) is 37.9 Å². The first-order chi connectivity index (χ1) is 9.25. The van der Waals surface area contributed by atoms with Crippen LogP contribution >= 0.6 is 11.8 Å².